The fraction of sp³-hybridized carbons (Fsp3) is 0.500. The van der Waals surface area contributed by atoms with E-state index in [1.54, 1.807) is 11.3 Å². The van der Waals surface area contributed by atoms with Crippen LogP contribution in [-0.2, 0) is 16.5 Å². The average molecular weight is 257 g/mol. The molecule has 1 aromatic rings. The molecule has 0 spiro atoms. The van der Waals surface area contributed by atoms with E-state index in [1.165, 1.54) is 11.5 Å². The van der Waals surface area contributed by atoms with Gasteiger partial charge in [-0.2, -0.15) is 0 Å². The molecule has 1 rings (SSSR count). The van der Waals surface area contributed by atoms with Crippen LogP contribution in [0.2, 0.25) is 0 Å². The summed E-state index contributed by atoms with van der Waals surface area (Å²) in [5.74, 6) is 0. The molecular weight excluding hydrogens is 247 g/mol. The summed E-state index contributed by atoms with van der Waals surface area (Å²) in [6, 6.07) is 1.92. The second-order valence-electron chi connectivity index (χ2n) is 3.31. The third kappa shape index (κ3) is 4.01. The molecule has 0 saturated heterocycles. The van der Waals surface area contributed by atoms with E-state index >= 15 is 0 Å². The van der Waals surface area contributed by atoms with Crippen LogP contribution in [0.1, 0.15) is 18.9 Å². The van der Waals surface area contributed by atoms with Gasteiger partial charge in [0.05, 0.1) is 0 Å². The SMILES string of the molecule is CC(CCc1c[c]s[c]1[K])S(=O)(=O)O. The maximum atomic E-state index is 10.7. The van der Waals surface area contributed by atoms with E-state index in [2.05, 4.69) is 5.38 Å². The Hall–Kier alpha value is 1.25. The van der Waals surface area contributed by atoms with Crippen molar-refractivity contribution in [3.05, 3.63) is 17.0 Å². The summed E-state index contributed by atoms with van der Waals surface area (Å²) in [6.45, 7) is 1.53. The van der Waals surface area contributed by atoms with Gasteiger partial charge in [-0.15, -0.1) is 0 Å². The molecule has 0 aliphatic heterocycles. The number of hydrogen-bond acceptors (Lipinski definition) is 3. The first kappa shape index (κ1) is 13.3. The standard InChI is InChI=1S/C8H10O3S2.K/c1-7(13(9,10)11)2-3-8-4-5-12-6-8;/h4,7H,2-3H2,1H3,(H,9,10,11);. The Morgan fingerprint density at radius 1 is 1.71 bits per heavy atom. The van der Waals surface area contributed by atoms with Gasteiger partial charge in [0.1, 0.15) is 0 Å². The second kappa shape index (κ2) is 5.54. The van der Waals surface area contributed by atoms with E-state index in [0.717, 1.165) is 6.42 Å². The van der Waals surface area contributed by atoms with Gasteiger partial charge in [-0.25, -0.2) is 0 Å². The summed E-state index contributed by atoms with van der Waals surface area (Å²) in [5, 5.41) is 2.37. The number of aryl methyl sites for hydroxylation is 1. The quantitative estimate of drug-likeness (QED) is 0.633. The summed E-state index contributed by atoms with van der Waals surface area (Å²) in [4.78, 5) is 0. The predicted molar refractivity (Wildman–Crippen MR) is 57.9 cm³/mol. The molecule has 0 aliphatic carbocycles. The minimum atomic E-state index is -3.86. The van der Waals surface area contributed by atoms with E-state index in [0.29, 0.717) is 55.4 Å². The van der Waals surface area contributed by atoms with Crippen LogP contribution in [0, 0.1) is 5.38 Å². The molecule has 1 aromatic heterocycles. The Balaban J connectivity index is 2.54. The van der Waals surface area contributed by atoms with Crippen molar-refractivity contribution in [2.24, 2.45) is 0 Å². The van der Waals surface area contributed by atoms with Crippen LogP contribution in [0.25, 0.3) is 0 Å². The molecule has 3 nitrogen and oxygen atoms in total. The monoisotopic (exact) mass is 257 g/mol. The molecule has 73 valence electrons. The van der Waals surface area contributed by atoms with Crippen molar-refractivity contribution in [1.82, 2.24) is 0 Å². The van der Waals surface area contributed by atoms with Gasteiger partial charge in [0.25, 0.3) is 0 Å². The van der Waals surface area contributed by atoms with E-state index in [1.807, 2.05) is 6.07 Å². The minimum absolute atomic E-state index is 0.479. The number of thiophene rings is 1. The third-order valence-electron chi connectivity index (χ3n) is 2.23. The van der Waals surface area contributed by atoms with E-state index in [9.17, 15) is 8.42 Å². The molecule has 0 bridgehead atoms. The molecular formula is C8H10KO3S2. The van der Waals surface area contributed by atoms with E-state index in [-0.39, 0.29) is 0 Å². The number of rotatable bonds is 4. The fourth-order valence-electron chi connectivity index (χ4n) is 1.11. The van der Waals surface area contributed by atoms with Crippen molar-refractivity contribution >= 4 is 69.4 Å². The van der Waals surface area contributed by atoms with Crippen LogP contribution in [0.5, 0.6) is 0 Å². The Bertz CT molecular complexity index is 396. The number of hydrogen-bond donors (Lipinski definition) is 1. The summed E-state index contributed by atoms with van der Waals surface area (Å²) in [6.07, 6.45) is 1.20. The van der Waals surface area contributed by atoms with E-state index < -0.39 is 15.4 Å². The molecule has 1 heterocycles. The Morgan fingerprint density at radius 3 is 2.79 bits per heavy atom. The molecule has 1 radical (unpaired) electrons. The van der Waals surface area contributed by atoms with Crippen molar-refractivity contribution in [2.45, 2.75) is 25.0 Å². The molecule has 1 unspecified atom stereocenters. The summed E-state index contributed by atoms with van der Waals surface area (Å²) >= 11 is 2.23. The van der Waals surface area contributed by atoms with Gasteiger partial charge in [0.2, 0.25) is 0 Å². The van der Waals surface area contributed by atoms with Gasteiger partial charge in [-0.1, -0.05) is 0 Å². The molecule has 0 amide bonds. The van der Waals surface area contributed by atoms with Crippen LogP contribution >= 0.6 is 11.3 Å². The fourth-order valence-corrected chi connectivity index (χ4v) is 3.37. The summed E-state index contributed by atoms with van der Waals surface area (Å²) in [5.41, 5.74) is 1.20. The molecule has 1 N–H and O–H groups in total. The Labute approximate surface area is 122 Å². The van der Waals surface area contributed by atoms with Crippen molar-refractivity contribution in [1.29, 1.82) is 0 Å². The normalized spacial score (nSPS) is 14.3. The van der Waals surface area contributed by atoms with Crippen molar-refractivity contribution < 1.29 is 13.0 Å². The van der Waals surface area contributed by atoms with Crippen LogP contribution < -0.4 is -1.03 Å². The van der Waals surface area contributed by atoms with Crippen LogP contribution in [0.15, 0.2) is 6.07 Å². The zero-order valence-corrected chi connectivity index (χ0v) is 12.9. The third-order valence-corrected chi connectivity index (χ3v) is 6.24. The zero-order chi connectivity index (χ0) is 10.8. The Kier molecular flexibility index (Phi) is 5.27. The predicted octanol–water partition coefficient (Wildman–Crippen LogP) is 0.551. The van der Waals surface area contributed by atoms with E-state index in [4.69, 9.17) is 4.55 Å². The molecule has 0 aromatic carbocycles. The van der Waals surface area contributed by atoms with Gasteiger partial charge >= 0.3 is 124 Å². The molecule has 0 saturated carbocycles. The molecule has 0 fully saturated rings. The second-order valence-corrected chi connectivity index (χ2v) is 8.89. The van der Waals surface area contributed by atoms with Gasteiger partial charge in [-0.3, -0.25) is 0 Å². The summed E-state index contributed by atoms with van der Waals surface area (Å²) in [7, 11) is -3.86. The van der Waals surface area contributed by atoms with Gasteiger partial charge in [0, 0.05) is 0 Å². The first-order chi connectivity index (χ1) is 6.41. The molecule has 14 heavy (non-hydrogen) atoms. The van der Waals surface area contributed by atoms with Crippen molar-refractivity contribution in [2.75, 3.05) is 0 Å². The van der Waals surface area contributed by atoms with Crippen LogP contribution in [-0.4, -0.2) is 67.2 Å². The van der Waals surface area contributed by atoms with Crippen LogP contribution in [0.4, 0.5) is 0 Å². The zero-order valence-electron chi connectivity index (χ0n) is 8.15. The average Bonchev–Trinajstić information content (AvgIpc) is 2.45. The van der Waals surface area contributed by atoms with Gasteiger partial charge in [0.15, 0.2) is 0 Å². The molecule has 0 aliphatic rings. The van der Waals surface area contributed by atoms with Crippen LogP contribution in [0.3, 0.4) is 0 Å². The summed E-state index contributed by atoms with van der Waals surface area (Å²) < 4.78 is 31.6. The van der Waals surface area contributed by atoms with Gasteiger partial charge in [-0.05, 0) is 0 Å². The maximum absolute atomic E-state index is 10.7. The van der Waals surface area contributed by atoms with Crippen molar-refractivity contribution in [3.63, 3.8) is 0 Å². The molecule has 6 heteroatoms. The first-order valence-corrected chi connectivity index (χ1v) is 8.21. The van der Waals surface area contributed by atoms with Gasteiger partial charge < -0.3 is 0 Å². The van der Waals surface area contributed by atoms with Crippen molar-refractivity contribution in [3.8, 4) is 0 Å². The Morgan fingerprint density at radius 2 is 2.36 bits per heavy atom. The topological polar surface area (TPSA) is 54.4 Å². The molecule has 1 atom stereocenters. The first-order valence-electron chi connectivity index (χ1n) is 4.33.